The highest BCUT2D eigenvalue weighted by Gasteiger charge is 2.54. The Bertz CT molecular complexity index is 195. The number of hydrogen-bond donors (Lipinski definition) is 1. The van der Waals surface area contributed by atoms with Crippen molar-refractivity contribution in [3.05, 3.63) is 0 Å². The van der Waals surface area contributed by atoms with Gasteiger partial charge in [0.2, 0.25) is 0 Å². The summed E-state index contributed by atoms with van der Waals surface area (Å²) in [5.41, 5.74) is -0.517. The van der Waals surface area contributed by atoms with Gasteiger partial charge in [-0.3, -0.25) is 9.69 Å². The Morgan fingerprint density at radius 3 is 2.15 bits per heavy atom. The van der Waals surface area contributed by atoms with Crippen LogP contribution in [0.5, 0.6) is 0 Å². The average molecular weight is 185 g/mol. The lowest BCUT2D eigenvalue weighted by Gasteiger charge is -2.31. The highest BCUT2D eigenvalue weighted by atomic mass is 16.4. The van der Waals surface area contributed by atoms with Gasteiger partial charge in [0.05, 0.1) is 0 Å². The number of carbonyl (C=O) groups is 1. The predicted molar refractivity (Wildman–Crippen MR) is 51.7 cm³/mol. The van der Waals surface area contributed by atoms with Crippen LogP contribution in [0.4, 0.5) is 0 Å². The summed E-state index contributed by atoms with van der Waals surface area (Å²) in [7, 11) is 1.94. The molecule has 0 radical (unpaired) electrons. The Kier molecular flexibility index (Phi) is 2.96. The molecule has 0 unspecified atom stereocenters. The number of hydrogen-bond acceptors (Lipinski definition) is 2. The van der Waals surface area contributed by atoms with Crippen LogP contribution in [-0.2, 0) is 4.79 Å². The maximum absolute atomic E-state index is 11.0. The van der Waals surface area contributed by atoms with Crippen LogP contribution < -0.4 is 0 Å². The number of nitrogens with zero attached hydrogens (tertiary/aromatic N) is 1. The third-order valence-electron chi connectivity index (χ3n) is 3.29. The quantitative estimate of drug-likeness (QED) is 0.709. The predicted octanol–water partition coefficient (Wildman–Crippen LogP) is 1.72. The number of rotatable bonds is 5. The lowest BCUT2D eigenvalue weighted by atomic mass is 10.1. The summed E-state index contributed by atoms with van der Waals surface area (Å²) in [6.45, 7) is 4.23. The molecule has 0 aromatic rings. The molecule has 0 amide bonds. The van der Waals surface area contributed by atoms with Gasteiger partial charge in [0.25, 0.3) is 0 Å². The molecule has 0 bridgehead atoms. The van der Waals surface area contributed by atoms with Crippen LogP contribution in [0.1, 0.15) is 39.5 Å². The second-order valence-electron chi connectivity index (χ2n) is 3.92. The van der Waals surface area contributed by atoms with E-state index in [-0.39, 0.29) is 0 Å². The fraction of sp³-hybridized carbons (Fsp3) is 0.900. The molecular formula is C10H19NO2. The van der Waals surface area contributed by atoms with Crippen LogP contribution in [0.2, 0.25) is 0 Å². The van der Waals surface area contributed by atoms with Gasteiger partial charge >= 0.3 is 5.97 Å². The minimum Gasteiger partial charge on any atom is -0.480 e. The number of carboxylic acids is 1. The topological polar surface area (TPSA) is 40.5 Å². The van der Waals surface area contributed by atoms with Crippen molar-refractivity contribution < 1.29 is 9.90 Å². The monoisotopic (exact) mass is 185 g/mol. The van der Waals surface area contributed by atoms with Crippen molar-refractivity contribution in [2.45, 2.75) is 51.1 Å². The van der Waals surface area contributed by atoms with Crippen LogP contribution >= 0.6 is 0 Å². The van der Waals surface area contributed by atoms with Gasteiger partial charge in [-0.25, -0.2) is 0 Å². The molecule has 76 valence electrons. The van der Waals surface area contributed by atoms with Crippen molar-refractivity contribution in [2.75, 3.05) is 7.05 Å². The maximum atomic E-state index is 11.0. The van der Waals surface area contributed by atoms with Crippen LogP contribution in [0.25, 0.3) is 0 Å². The third-order valence-corrected chi connectivity index (χ3v) is 3.29. The lowest BCUT2D eigenvalue weighted by Crippen LogP contribution is -2.46. The van der Waals surface area contributed by atoms with E-state index in [0.717, 1.165) is 25.7 Å². The zero-order chi connectivity index (χ0) is 10.1. The van der Waals surface area contributed by atoms with Gasteiger partial charge in [0, 0.05) is 6.04 Å². The van der Waals surface area contributed by atoms with Crippen LogP contribution in [-0.4, -0.2) is 34.6 Å². The first kappa shape index (κ1) is 10.5. The van der Waals surface area contributed by atoms with Gasteiger partial charge in [-0.15, -0.1) is 0 Å². The Morgan fingerprint density at radius 2 is 1.92 bits per heavy atom. The number of aliphatic carboxylic acids is 1. The molecule has 13 heavy (non-hydrogen) atoms. The molecule has 0 heterocycles. The largest absolute Gasteiger partial charge is 0.480 e. The number of carboxylic acid groups (broad SMARTS) is 1. The minimum atomic E-state index is -0.651. The van der Waals surface area contributed by atoms with E-state index in [1.165, 1.54) is 0 Å². The van der Waals surface area contributed by atoms with Crippen LogP contribution in [0.3, 0.4) is 0 Å². The standard InChI is InChI=1S/C10H19NO2/c1-4-8(5-2)11(3)10(6-7-10)9(12)13/h8H,4-7H2,1-3H3,(H,12,13). The Labute approximate surface area is 79.7 Å². The zero-order valence-electron chi connectivity index (χ0n) is 8.71. The molecule has 0 atom stereocenters. The fourth-order valence-electron chi connectivity index (χ4n) is 2.02. The minimum absolute atomic E-state index is 0.415. The first-order chi connectivity index (χ1) is 6.08. The van der Waals surface area contributed by atoms with E-state index in [2.05, 4.69) is 18.7 Å². The van der Waals surface area contributed by atoms with Crippen molar-refractivity contribution in [1.29, 1.82) is 0 Å². The molecule has 0 saturated heterocycles. The van der Waals surface area contributed by atoms with Gasteiger partial charge < -0.3 is 5.11 Å². The summed E-state index contributed by atoms with van der Waals surface area (Å²) in [6.07, 6.45) is 3.69. The molecule has 0 aromatic carbocycles. The maximum Gasteiger partial charge on any atom is 0.324 e. The number of likely N-dealkylation sites (N-methyl/N-ethyl adjacent to an activating group) is 1. The van der Waals surface area contributed by atoms with Crippen molar-refractivity contribution in [2.24, 2.45) is 0 Å². The zero-order valence-corrected chi connectivity index (χ0v) is 8.71. The summed E-state index contributed by atoms with van der Waals surface area (Å²) in [5, 5.41) is 9.07. The summed E-state index contributed by atoms with van der Waals surface area (Å²) in [4.78, 5) is 13.1. The average Bonchev–Trinajstić information content (AvgIpc) is 2.86. The first-order valence-corrected chi connectivity index (χ1v) is 5.04. The van der Waals surface area contributed by atoms with E-state index in [1.54, 1.807) is 0 Å². The molecule has 1 aliphatic carbocycles. The molecule has 1 rings (SSSR count). The smallest absolute Gasteiger partial charge is 0.324 e. The summed E-state index contributed by atoms with van der Waals surface area (Å²) < 4.78 is 0. The van der Waals surface area contributed by atoms with E-state index in [1.807, 2.05) is 7.05 Å². The van der Waals surface area contributed by atoms with Crippen molar-refractivity contribution in [3.8, 4) is 0 Å². The van der Waals surface area contributed by atoms with E-state index in [0.29, 0.717) is 6.04 Å². The molecule has 0 aromatic heterocycles. The van der Waals surface area contributed by atoms with E-state index in [9.17, 15) is 4.79 Å². The van der Waals surface area contributed by atoms with Gasteiger partial charge in [-0.1, -0.05) is 13.8 Å². The normalized spacial score (nSPS) is 19.5. The first-order valence-electron chi connectivity index (χ1n) is 5.04. The third kappa shape index (κ3) is 1.70. The Hall–Kier alpha value is -0.570. The molecular weight excluding hydrogens is 166 g/mol. The van der Waals surface area contributed by atoms with Gasteiger partial charge in [-0.2, -0.15) is 0 Å². The van der Waals surface area contributed by atoms with E-state index >= 15 is 0 Å². The molecule has 0 aliphatic heterocycles. The molecule has 1 N–H and O–H groups in total. The summed E-state index contributed by atoms with van der Waals surface area (Å²) in [6, 6.07) is 0.415. The van der Waals surface area contributed by atoms with Crippen LogP contribution in [0, 0.1) is 0 Å². The highest BCUT2D eigenvalue weighted by molar-refractivity contribution is 5.82. The lowest BCUT2D eigenvalue weighted by molar-refractivity contribution is -0.145. The Balaban J connectivity index is 2.65. The fourth-order valence-corrected chi connectivity index (χ4v) is 2.02. The summed E-state index contributed by atoms with van der Waals surface area (Å²) >= 11 is 0. The second-order valence-corrected chi connectivity index (χ2v) is 3.92. The van der Waals surface area contributed by atoms with Gasteiger partial charge in [0.15, 0.2) is 0 Å². The highest BCUT2D eigenvalue weighted by Crippen LogP contribution is 2.42. The SMILES string of the molecule is CCC(CC)N(C)C1(C(=O)O)CC1. The van der Waals surface area contributed by atoms with Crippen molar-refractivity contribution in [3.63, 3.8) is 0 Å². The van der Waals surface area contributed by atoms with E-state index in [4.69, 9.17) is 5.11 Å². The Morgan fingerprint density at radius 1 is 1.46 bits per heavy atom. The van der Waals surface area contributed by atoms with Crippen molar-refractivity contribution >= 4 is 5.97 Å². The molecule has 3 nitrogen and oxygen atoms in total. The molecule has 0 spiro atoms. The molecule has 3 heteroatoms. The summed E-state index contributed by atoms with van der Waals surface area (Å²) in [5.74, 6) is -0.651. The second kappa shape index (κ2) is 3.66. The van der Waals surface area contributed by atoms with Crippen LogP contribution in [0.15, 0.2) is 0 Å². The molecule has 1 fully saturated rings. The van der Waals surface area contributed by atoms with Gasteiger partial charge in [-0.05, 0) is 32.7 Å². The van der Waals surface area contributed by atoms with E-state index < -0.39 is 11.5 Å². The molecule has 1 saturated carbocycles. The molecule has 1 aliphatic rings. The van der Waals surface area contributed by atoms with Gasteiger partial charge in [0.1, 0.15) is 5.54 Å². The van der Waals surface area contributed by atoms with Crippen molar-refractivity contribution in [1.82, 2.24) is 4.90 Å².